The van der Waals surface area contributed by atoms with Crippen LogP contribution in [0, 0.1) is 0 Å². The highest BCUT2D eigenvalue weighted by atomic mass is 16.5. The molecule has 24 heavy (non-hydrogen) atoms. The van der Waals surface area contributed by atoms with Crippen LogP contribution in [0.15, 0.2) is 24.5 Å². The smallest absolute Gasteiger partial charge is 0.233 e. The van der Waals surface area contributed by atoms with Gasteiger partial charge in [-0.15, -0.1) is 0 Å². The summed E-state index contributed by atoms with van der Waals surface area (Å²) in [5.74, 6) is 0.673. The average Bonchev–Trinajstić information content (AvgIpc) is 3.09. The predicted octanol–water partition coefficient (Wildman–Crippen LogP) is 1.03. The van der Waals surface area contributed by atoms with Crippen molar-refractivity contribution in [3.05, 3.63) is 30.4 Å². The van der Waals surface area contributed by atoms with Crippen LogP contribution in [0.2, 0.25) is 0 Å². The first-order valence-corrected chi connectivity index (χ1v) is 7.20. The van der Waals surface area contributed by atoms with Gasteiger partial charge in [0.15, 0.2) is 0 Å². The van der Waals surface area contributed by atoms with E-state index in [1.165, 1.54) is 20.5 Å². The van der Waals surface area contributed by atoms with Crippen LogP contribution in [-0.4, -0.2) is 41.2 Å². The fourth-order valence-electron chi connectivity index (χ4n) is 2.03. The number of rotatable bonds is 7. The number of aromatic amines is 1. The van der Waals surface area contributed by atoms with Crippen molar-refractivity contribution in [3.63, 3.8) is 0 Å². The molecule has 9 heteroatoms. The van der Waals surface area contributed by atoms with E-state index in [9.17, 15) is 9.59 Å². The Labute approximate surface area is 138 Å². The maximum absolute atomic E-state index is 12.0. The molecule has 0 bridgehead atoms. The molecule has 0 unspecified atom stereocenters. The van der Waals surface area contributed by atoms with E-state index in [0.29, 0.717) is 23.0 Å². The zero-order valence-electron chi connectivity index (χ0n) is 13.6. The molecule has 0 radical (unpaired) electrons. The first-order chi connectivity index (χ1) is 11.5. The van der Waals surface area contributed by atoms with Gasteiger partial charge < -0.3 is 20.1 Å². The van der Waals surface area contributed by atoms with Gasteiger partial charge >= 0.3 is 0 Å². The summed E-state index contributed by atoms with van der Waals surface area (Å²) in [7, 11) is 3.02. The highest BCUT2D eigenvalue weighted by molar-refractivity contribution is 6.04. The van der Waals surface area contributed by atoms with Crippen LogP contribution in [0.5, 0.6) is 11.5 Å². The fraction of sp³-hybridized carbons (Fsp3) is 0.333. The van der Waals surface area contributed by atoms with E-state index in [1.54, 1.807) is 25.1 Å². The van der Waals surface area contributed by atoms with Crippen LogP contribution in [0.25, 0.3) is 0 Å². The van der Waals surface area contributed by atoms with E-state index in [1.807, 2.05) is 0 Å². The number of hydrogen-bond donors (Lipinski definition) is 3. The van der Waals surface area contributed by atoms with E-state index in [4.69, 9.17) is 9.47 Å². The lowest BCUT2D eigenvalue weighted by Gasteiger charge is -2.13. The minimum Gasteiger partial charge on any atom is -0.497 e. The van der Waals surface area contributed by atoms with Crippen molar-refractivity contribution in [1.29, 1.82) is 0 Å². The third kappa shape index (κ3) is 4.45. The lowest BCUT2D eigenvalue weighted by Crippen LogP contribution is -2.30. The summed E-state index contributed by atoms with van der Waals surface area (Å²) in [6.45, 7) is 1.74. The summed E-state index contributed by atoms with van der Waals surface area (Å²) in [5.41, 5.74) is 0.458. The normalized spacial score (nSPS) is 11.5. The van der Waals surface area contributed by atoms with Crippen molar-refractivity contribution in [1.82, 2.24) is 20.5 Å². The van der Waals surface area contributed by atoms with Gasteiger partial charge in [0.25, 0.3) is 0 Å². The van der Waals surface area contributed by atoms with Crippen molar-refractivity contribution in [2.45, 2.75) is 19.4 Å². The summed E-state index contributed by atoms with van der Waals surface area (Å²) in [6, 6.07) is 4.60. The van der Waals surface area contributed by atoms with Gasteiger partial charge in [0.05, 0.1) is 25.9 Å². The van der Waals surface area contributed by atoms with Crippen molar-refractivity contribution in [3.8, 4) is 11.5 Å². The molecule has 2 amide bonds. The number of methoxy groups -OCH3 is 2. The van der Waals surface area contributed by atoms with Crippen LogP contribution in [0.3, 0.4) is 0 Å². The lowest BCUT2D eigenvalue weighted by atomic mass is 10.2. The quantitative estimate of drug-likeness (QED) is 0.651. The number of carbonyl (C=O) groups excluding carboxylic acids is 2. The van der Waals surface area contributed by atoms with Crippen LogP contribution in [0.1, 0.15) is 25.2 Å². The van der Waals surface area contributed by atoms with E-state index in [-0.39, 0.29) is 12.5 Å². The van der Waals surface area contributed by atoms with Crippen LogP contribution < -0.4 is 20.1 Å². The van der Waals surface area contributed by atoms with Crippen LogP contribution in [-0.2, 0) is 9.59 Å². The summed E-state index contributed by atoms with van der Waals surface area (Å²) in [5, 5.41) is 11.7. The Morgan fingerprint density at radius 3 is 2.67 bits per heavy atom. The maximum atomic E-state index is 12.0. The largest absolute Gasteiger partial charge is 0.497 e. The molecule has 2 aromatic rings. The summed E-state index contributed by atoms with van der Waals surface area (Å²) in [4.78, 5) is 27.9. The van der Waals surface area contributed by atoms with Gasteiger partial charge in [-0.3, -0.25) is 14.7 Å². The van der Waals surface area contributed by atoms with Crippen LogP contribution in [0.4, 0.5) is 5.69 Å². The molecule has 1 aromatic carbocycles. The van der Waals surface area contributed by atoms with Crippen LogP contribution >= 0.6 is 0 Å². The molecule has 128 valence electrons. The second kappa shape index (κ2) is 7.95. The molecule has 0 fully saturated rings. The Hall–Kier alpha value is -3.10. The molecule has 1 atom stereocenters. The van der Waals surface area contributed by atoms with Crippen molar-refractivity contribution in [2.24, 2.45) is 0 Å². The minimum atomic E-state index is -0.458. The SMILES string of the molecule is COc1ccc(NC(=O)CC(=O)N[C@@H](C)c2ncn[nH]2)c(OC)c1. The molecule has 0 spiro atoms. The van der Waals surface area contributed by atoms with Gasteiger partial charge in [-0.05, 0) is 19.1 Å². The molecule has 9 nitrogen and oxygen atoms in total. The minimum absolute atomic E-state index is 0.326. The number of hydrogen-bond acceptors (Lipinski definition) is 6. The Morgan fingerprint density at radius 1 is 1.25 bits per heavy atom. The van der Waals surface area contributed by atoms with E-state index >= 15 is 0 Å². The number of aromatic nitrogens is 3. The van der Waals surface area contributed by atoms with E-state index in [0.717, 1.165) is 0 Å². The number of anilines is 1. The lowest BCUT2D eigenvalue weighted by molar-refractivity contribution is -0.127. The highest BCUT2D eigenvalue weighted by Crippen LogP contribution is 2.29. The predicted molar refractivity (Wildman–Crippen MR) is 85.7 cm³/mol. The molecule has 3 N–H and O–H groups in total. The highest BCUT2D eigenvalue weighted by Gasteiger charge is 2.16. The topological polar surface area (TPSA) is 118 Å². The Balaban J connectivity index is 1.92. The second-order valence-electron chi connectivity index (χ2n) is 4.95. The number of amides is 2. The first kappa shape index (κ1) is 17.3. The number of benzene rings is 1. The molecule has 0 aliphatic heterocycles. The number of ether oxygens (including phenoxy) is 2. The molecule has 1 aromatic heterocycles. The van der Waals surface area contributed by atoms with E-state index in [2.05, 4.69) is 25.8 Å². The number of nitrogens with zero attached hydrogens (tertiary/aromatic N) is 2. The zero-order chi connectivity index (χ0) is 17.5. The fourth-order valence-corrected chi connectivity index (χ4v) is 2.03. The van der Waals surface area contributed by atoms with E-state index < -0.39 is 11.8 Å². The molecular weight excluding hydrogens is 314 g/mol. The molecule has 2 rings (SSSR count). The summed E-state index contributed by atoms with van der Waals surface area (Å²) in [6.07, 6.45) is 1.02. The average molecular weight is 333 g/mol. The Bertz CT molecular complexity index is 702. The van der Waals surface area contributed by atoms with Crippen molar-refractivity contribution in [2.75, 3.05) is 19.5 Å². The van der Waals surface area contributed by atoms with Gasteiger partial charge in [-0.2, -0.15) is 5.10 Å². The third-order valence-electron chi connectivity index (χ3n) is 3.23. The molecule has 0 saturated heterocycles. The molecule has 0 saturated carbocycles. The Morgan fingerprint density at radius 2 is 2.04 bits per heavy atom. The van der Waals surface area contributed by atoms with Gasteiger partial charge in [0.1, 0.15) is 30.1 Å². The Kier molecular flexibility index (Phi) is 5.72. The maximum Gasteiger partial charge on any atom is 0.233 e. The standard InChI is InChI=1S/C15H19N5O4/c1-9(15-16-8-17-20-15)18-13(21)7-14(22)19-11-5-4-10(23-2)6-12(11)24-3/h4-6,8-9H,7H2,1-3H3,(H,18,21)(H,19,22)(H,16,17,20)/t9-/m0/s1. The number of carbonyl (C=O) groups is 2. The van der Waals surface area contributed by atoms with Crippen molar-refractivity contribution >= 4 is 17.5 Å². The molecular formula is C15H19N5O4. The summed E-state index contributed by atoms with van der Waals surface area (Å²) >= 11 is 0. The third-order valence-corrected chi connectivity index (χ3v) is 3.23. The second-order valence-corrected chi connectivity index (χ2v) is 4.95. The van der Waals surface area contributed by atoms with Gasteiger partial charge in [0, 0.05) is 6.07 Å². The number of nitrogens with one attached hydrogen (secondary N) is 3. The number of H-pyrrole nitrogens is 1. The van der Waals surface area contributed by atoms with Crippen molar-refractivity contribution < 1.29 is 19.1 Å². The molecule has 1 heterocycles. The van der Waals surface area contributed by atoms with Gasteiger partial charge in [-0.25, -0.2) is 4.98 Å². The monoisotopic (exact) mass is 333 g/mol. The summed E-state index contributed by atoms with van der Waals surface area (Å²) < 4.78 is 10.3. The van der Waals surface area contributed by atoms with Gasteiger partial charge in [-0.1, -0.05) is 0 Å². The molecule has 0 aliphatic rings. The molecule has 0 aliphatic carbocycles. The zero-order valence-corrected chi connectivity index (χ0v) is 13.6. The van der Waals surface area contributed by atoms with Gasteiger partial charge in [0.2, 0.25) is 11.8 Å². The first-order valence-electron chi connectivity index (χ1n) is 7.20.